The van der Waals surface area contributed by atoms with Crippen molar-refractivity contribution in [2.75, 3.05) is 26.9 Å². The Balaban J connectivity index is 3.84. The molecule has 0 rings (SSSR count). The van der Waals surface area contributed by atoms with Gasteiger partial charge in [0, 0.05) is 26.6 Å². The average molecular weight is 330 g/mol. The van der Waals surface area contributed by atoms with Gasteiger partial charge in [0.15, 0.2) is 0 Å². The fourth-order valence-corrected chi connectivity index (χ4v) is 2.23. The van der Waals surface area contributed by atoms with E-state index in [9.17, 15) is 9.59 Å². The van der Waals surface area contributed by atoms with Crippen LogP contribution in [0.1, 0.15) is 71.6 Å². The van der Waals surface area contributed by atoms with Crippen LogP contribution in [0, 0.1) is 5.92 Å². The highest BCUT2D eigenvalue weighted by Gasteiger charge is 2.13. The largest absolute Gasteiger partial charge is 0.466 e. The third-order valence-corrected chi connectivity index (χ3v) is 3.66. The molecule has 0 heterocycles. The zero-order valence-electron chi connectivity index (χ0n) is 15.1. The van der Waals surface area contributed by atoms with Gasteiger partial charge >= 0.3 is 11.9 Å². The maximum atomic E-state index is 11.7. The Bertz CT molecular complexity index is 304. The number of esters is 2. The number of ether oxygens (including phenoxy) is 3. The van der Waals surface area contributed by atoms with Crippen molar-refractivity contribution in [2.45, 2.75) is 71.6 Å². The van der Waals surface area contributed by atoms with Gasteiger partial charge in [0.1, 0.15) is 0 Å². The third kappa shape index (κ3) is 14.2. The zero-order chi connectivity index (χ0) is 17.3. The van der Waals surface area contributed by atoms with E-state index in [1.165, 1.54) is 12.8 Å². The summed E-state index contributed by atoms with van der Waals surface area (Å²) >= 11 is 0. The molecule has 0 N–H and O–H groups in total. The molecule has 0 aliphatic rings. The van der Waals surface area contributed by atoms with E-state index < -0.39 is 0 Å². The lowest BCUT2D eigenvalue weighted by Crippen LogP contribution is -2.16. The lowest BCUT2D eigenvalue weighted by atomic mass is 9.99. The molecule has 5 heteroatoms. The van der Waals surface area contributed by atoms with Crippen LogP contribution in [-0.4, -0.2) is 38.9 Å². The Kier molecular flexibility index (Phi) is 15.0. The maximum absolute atomic E-state index is 11.7. The van der Waals surface area contributed by atoms with Gasteiger partial charge < -0.3 is 14.2 Å². The van der Waals surface area contributed by atoms with Gasteiger partial charge in [-0.3, -0.25) is 9.59 Å². The molecule has 136 valence electrons. The summed E-state index contributed by atoms with van der Waals surface area (Å²) in [6, 6.07) is 0. The molecule has 0 aromatic rings. The van der Waals surface area contributed by atoms with Gasteiger partial charge in [-0.15, -0.1) is 0 Å². The van der Waals surface area contributed by atoms with Crippen LogP contribution in [0.3, 0.4) is 0 Å². The minimum absolute atomic E-state index is 0.230. The van der Waals surface area contributed by atoms with Crippen molar-refractivity contribution < 1.29 is 23.8 Å². The van der Waals surface area contributed by atoms with Crippen LogP contribution >= 0.6 is 0 Å². The predicted octanol–water partition coefficient (Wildman–Crippen LogP) is 3.89. The molecule has 0 aliphatic carbocycles. The van der Waals surface area contributed by atoms with Crippen molar-refractivity contribution >= 4 is 11.9 Å². The minimum Gasteiger partial charge on any atom is -0.466 e. The van der Waals surface area contributed by atoms with Crippen molar-refractivity contribution in [3.8, 4) is 0 Å². The van der Waals surface area contributed by atoms with E-state index in [1.54, 1.807) is 7.11 Å². The van der Waals surface area contributed by atoms with E-state index in [1.807, 2.05) is 6.92 Å². The molecule has 0 aromatic carbocycles. The molecule has 5 nitrogen and oxygen atoms in total. The van der Waals surface area contributed by atoms with Crippen molar-refractivity contribution in [1.29, 1.82) is 0 Å². The first-order valence-electron chi connectivity index (χ1n) is 8.94. The number of unbranched alkanes of at least 4 members (excludes halogenated alkanes) is 2. The number of carbonyl (C=O) groups is 2. The number of hydrogen-bond donors (Lipinski definition) is 0. The molecule has 0 radical (unpaired) electrons. The van der Waals surface area contributed by atoms with Gasteiger partial charge in [-0.05, 0) is 31.6 Å². The number of carbonyl (C=O) groups excluding carboxylic acids is 2. The topological polar surface area (TPSA) is 61.8 Å². The van der Waals surface area contributed by atoms with Gasteiger partial charge in [-0.25, -0.2) is 0 Å². The van der Waals surface area contributed by atoms with Crippen molar-refractivity contribution in [1.82, 2.24) is 0 Å². The minimum atomic E-state index is -0.239. The van der Waals surface area contributed by atoms with Crippen LogP contribution < -0.4 is 0 Å². The second kappa shape index (κ2) is 15.8. The molecular formula is C18H34O5. The van der Waals surface area contributed by atoms with Crippen LogP contribution in [0.25, 0.3) is 0 Å². The van der Waals surface area contributed by atoms with Crippen LogP contribution in [0.4, 0.5) is 0 Å². The first-order valence-corrected chi connectivity index (χ1v) is 8.94. The first-order chi connectivity index (χ1) is 11.1. The lowest BCUT2D eigenvalue weighted by molar-refractivity contribution is -0.146. The van der Waals surface area contributed by atoms with Gasteiger partial charge in [0.25, 0.3) is 0 Å². The monoisotopic (exact) mass is 330 g/mol. The second-order valence-electron chi connectivity index (χ2n) is 5.90. The summed E-state index contributed by atoms with van der Waals surface area (Å²) in [4.78, 5) is 23.1. The van der Waals surface area contributed by atoms with E-state index in [2.05, 4.69) is 6.92 Å². The standard InChI is InChI=1S/C18H34O5/c1-4-6-7-9-16(12-14-21-3)15-23-18(20)11-8-10-17(19)22-13-5-2/h16H,4-15H2,1-3H3. The Morgan fingerprint density at radius 3 is 2.13 bits per heavy atom. The summed E-state index contributed by atoms with van der Waals surface area (Å²) in [6.07, 6.45) is 7.37. The van der Waals surface area contributed by atoms with Crippen LogP contribution in [0.2, 0.25) is 0 Å². The summed E-state index contributed by atoms with van der Waals surface area (Å²) in [5, 5.41) is 0. The van der Waals surface area contributed by atoms with E-state index in [-0.39, 0.29) is 24.8 Å². The molecule has 1 atom stereocenters. The fourth-order valence-electron chi connectivity index (χ4n) is 2.23. The summed E-state index contributed by atoms with van der Waals surface area (Å²) in [7, 11) is 1.69. The smallest absolute Gasteiger partial charge is 0.305 e. The Labute approximate surface area is 141 Å². The van der Waals surface area contributed by atoms with E-state index >= 15 is 0 Å². The van der Waals surface area contributed by atoms with Gasteiger partial charge in [-0.2, -0.15) is 0 Å². The van der Waals surface area contributed by atoms with Gasteiger partial charge in [0.05, 0.1) is 13.2 Å². The van der Waals surface area contributed by atoms with E-state index in [0.29, 0.717) is 32.2 Å². The first kappa shape index (κ1) is 21.9. The molecule has 0 bridgehead atoms. The van der Waals surface area contributed by atoms with Gasteiger partial charge in [-0.1, -0.05) is 33.1 Å². The van der Waals surface area contributed by atoms with Crippen molar-refractivity contribution in [3.05, 3.63) is 0 Å². The van der Waals surface area contributed by atoms with Gasteiger partial charge in [0.2, 0.25) is 0 Å². The maximum Gasteiger partial charge on any atom is 0.305 e. The van der Waals surface area contributed by atoms with E-state index in [0.717, 1.165) is 25.7 Å². The molecule has 0 amide bonds. The highest BCUT2D eigenvalue weighted by molar-refractivity contribution is 5.72. The van der Waals surface area contributed by atoms with E-state index in [4.69, 9.17) is 14.2 Å². The molecule has 0 saturated heterocycles. The summed E-state index contributed by atoms with van der Waals surface area (Å²) in [5.41, 5.74) is 0. The highest BCUT2D eigenvalue weighted by Crippen LogP contribution is 2.15. The normalized spacial score (nSPS) is 12.0. The highest BCUT2D eigenvalue weighted by atomic mass is 16.5. The third-order valence-electron chi connectivity index (χ3n) is 3.66. The quantitative estimate of drug-likeness (QED) is 0.337. The Hall–Kier alpha value is -1.10. The van der Waals surface area contributed by atoms with Crippen LogP contribution in [-0.2, 0) is 23.8 Å². The number of hydrogen-bond acceptors (Lipinski definition) is 5. The van der Waals surface area contributed by atoms with Crippen LogP contribution in [0.15, 0.2) is 0 Å². The Morgan fingerprint density at radius 2 is 1.52 bits per heavy atom. The summed E-state index contributed by atoms with van der Waals surface area (Å²) < 4.78 is 15.4. The second-order valence-corrected chi connectivity index (χ2v) is 5.90. The van der Waals surface area contributed by atoms with Crippen molar-refractivity contribution in [3.63, 3.8) is 0 Å². The van der Waals surface area contributed by atoms with Crippen molar-refractivity contribution in [2.24, 2.45) is 5.92 Å². The summed E-state index contributed by atoms with van der Waals surface area (Å²) in [6.45, 7) is 5.72. The molecule has 23 heavy (non-hydrogen) atoms. The molecule has 0 fully saturated rings. The molecule has 0 aromatic heterocycles. The molecular weight excluding hydrogens is 296 g/mol. The zero-order valence-corrected chi connectivity index (χ0v) is 15.1. The van der Waals surface area contributed by atoms with Crippen LogP contribution in [0.5, 0.6) is 0 Å². The predicted molar refractivity (Wildman–Crippen MR) is 90.2 cm³/mol. The molecule has 0 spiro atoms. The average Bonchev–Trinajstić information content (AvgIpc) is 2.55. The fraction of sp³-hybridized carbons (Fsp3) is 0.889. The molecule has 0 saturated carbocycles. The summed E-state index contributed by atoms with van der Waals surface area (Å²) in [5.74, 6) is -0.108. The Morgan fingerprint density at radius 1 is 0.826 bits per heavy atom. The lowest BCUT2D eigenvalue weighted by Gasteiger charge is -2.16. The number of rotatable bonds is 15. The number of methoxy groups -OCH3 is 1. The molecule has 1 unspecified atom stereocenters. The molecule has 0 aliphatic heterocycles. The SMILES string of the molecule is CCCCCC(CCOC)COC(=O)CCCC(=O)OCCC.